The highest BCUT2D eigenvalue weighted by Gasteiger charge is 2.20. The molecule has 2 aromatic carbocycles. The first-order valence-corrected chi connectivity index (χ1v) is 11.1. The van der Waals surface area contributed by atoms with Gasteiger partial charge in [-0.25, -0.2) is 0 Å². The summed E-state index contributed by atoms with van der Waals surface area (Å²) in [6, 6.07) is 13.8. The lowest BCUT2D eigenvalue weighted by Gasteiger charge is -2.14. The van der Waals surface area contributed by atoms with Crippen LogP contribution in [0.2, 0.25) is 5.02 Å². The van der Waals surface area contributed by atoms with Gasteiger partial charge in [0.2, 0.25) is 5.91 Å². The average molecular weight is 509 g/mol. The van der Waals surface area contributed by atoms with E-state index in [4.69, 9.17) is 11.6 Å². The quantitative estimate of drug-likeness (QED) is 0.460. The third kappa shape index (κ3) is 5.62. The summed E-state index contributed by atoms with van der Waals surface area (Å²) in [4.78, 5) is 24.6. The Bertz CT molecular complexity index is 1060. The minimum Gasteiger partial charge on any atom is -0.342 e. The molecular formula is C20H19BrClN5O2S. The lowest BCUT2D eigenvalue weighted by atomic mass is 10.2. The van der Waals surface area contributed by atoms with E-state index in [0.717, 1.165) is 10.2 Å². The Labute approximate surface area is 191 Å². The van der Waals surface area contributed by atoms with Crippen LogP contribution in [0.3, 0.4) is 0 Å². The fourth-order valence-corrected chi connectivity index (χ4v) is 3.88. The van der Waals surface area contributed by atoms with E-state index in [1.165, 1.54) is 11.8 Å². The average Bonchev–Trinajstić information content (AvgIpc) is 3.09. The van der Waals surface area contributed by atoms with Crippen LogP contribution in [0.25, 0.3) is 0 Å². The lowest BCUT2D eigenvalue weighted by molar-refractivity contribution is -0.113. The maximum Gasteiger partial charge on any atom is 0.253 e. The fourth-order valence-electron chi connectivity index (χ4n) is 2.67. The Morgan fingerprint density at radius 1 is 1.17 bits per heavy atom. The fraction of sp³-hybridized carbons (Fsp3) is 0.200. The molecule has 3 aromatic rings. The van der Waals surface area contributed by atoms with Gasteiger partial charge in [-0.2, -0.15) is 0 Å². The van der Waals surface area contributed by atoms with Gasteiger partial charge in [-0.1, -0.05) is 51.4 Å². The summed E-state index contributed by atoms with van der Waals surface area (Å²) in [5.41, 5.74) is 1.12. The summed E-state index contributed by atoms with van der Waals surface area (Å²) < 4.78 is 2.70. The number of hydrogen-bond donors (Lipinski definition) is 2. The molecule has 10 heteroatoms. The van der Waals surface area contributed by atoms with Crippen molar-refractivity contribution < 1.29 is 9.59 Å². The predicted molar refractivity (Wildman–Crippen MR) is 122 cm³/mol. The minimum atomic E-state index is -0.391. The molecule has 0 aliphatic carbocycles. The number of halogens is 2. The molecule has 1 heterocycles. The van der Waals surface area contributed by atoms with Gasteiger partial charge in [0.05, 0.1) is 22.4 Å². The lowest BCUT2D eigenvalue weighted by Crippen LogP contribution is -2.28. The van der Waals surface area contributed by atoms with E-state index in [-0.39, 0.29) is 17.6 Å². The standard InChI is InChI=1S/C20H19BrClN5O2S/c1-12(23-19(29)15-5-3-4-6-16(15)22)18-25-26-20(27(18)2)30-11-17(28)24-14-9-7-13(21)8-10-14/h3-10,12H,11H2,1-2H3,(H,23,29)(H,24,28)/t12-/m0/s1. The molecular weight excluding hydrogens is 490 g/mol. The largest absolute Gasteiger partial charge is 0.342 e. The molecule has 30 heavy (non-hydrogen) atoms. The zero-order valence-corrected chi connectivity index (χ0v) is 19.4. The summed E-state index contributed by atoms with van der Waals surface area (Å²) in [5, 5.41) is 15.0. The first-order valence-electron chi connectivity index (χ1n) is 8.98. The summed E-state index contributed by atoms with van der Waals surface area (Å²) in [6.07, 6.45) is 0. The third-order valence-corrected chi connectivity index (χ3v) is 6.06. The number of aromatic nitrogens is 3. The Hall–Kier alpha value is -2.36. The van der Waals surface area contributed by atoms with Crippen molar-refractivity contribution in [1.29, 1.82) is 0 Å². The van der Waals surface area contributed by atoms with Gasteiger partial charge in [-0.3, -0.25) is 9.59 Å². The maximum atomic E-state index is 12.5. The molecule has 2 N–H and O–H groups in total. The highest BCUT2D eigenvalue weighted by atomic mass is 79.9. The zero-order chi connectivity index (χ0) is 21.7. The number of anilines is 1. The number of hydrogen-bond acceptors (Lipinski definition) is 5. The first kappa shape index (κ1) is 22.3. The molecule has 0 radical (unpaired) electrons. The number of nitrogens with one attached hydrogen (secondary N) is 2. The second-order valence-corrected chi connectivity index (χ2v) is 8.68. The monoisotopic (exact) mass is 507 g/mol. The molecule has 0 aliphatic rings. The zero-order valence-electron chi connectivity index (χ0n) is 16.2. The molecule has 0 saturated carbocycles. The van der Waals surface area contributed by atoms with Crippen molar-refractivity contribution >= 4 is 56.8 Å². The van der Waals surface area contributed by atoms with Crippen molar-refractivity contribution in [3.63, 3.8) is 0 Å². The molecule has 2 amide bonds. The topological polar surface area (TPSA) is 88.9 Å². The normalized spacial score (nSPS) is 11.7. The van der Waals surface area contributed by atoms with Crippen LogP contribution in [-0.2, 0) is 11.8 Å². The minimum absolute atomic E-state index is 0.146. The summed E-state index contributed by atoms with van der Waals surface area (Å²) in [5.74, 6) is 0.319. The number of nitrogens with zero attached hydrogens (tertiary/aromatic N) is 3. The van der Waals surface area contributed by atoms with Crippen LogP contribution in [0.1, 0.15) is 29.1 Å². The van der Waals surface area contributed by atoms with E-state index in [1.807, 2.05) is 31.2 Å². The van der Waals surface area contributed by atoms with Gasteiger partial charge in [0.15, 0.2) is 11.0 Å². The van der Waals surface area contributed by atoms with Crippen molar-refractivity contribution in [3.05, 3.63) is 69.4 Å². The SMILES string of the molecule is C[C@H](NC(=O)c1ccccc1Cl)c1nnc(SCC(=O)Nc2ccc(Br)cc2)n1C. The number of benzene rings is 2. The maximum absolute atomic E-state index is 12.5. The molecule has 1 aromatic heterocycles. The molecule has 0 aliphatic heterocycles. The van der Waals surface area contributed by atoms with Crippen LogP contribution in [0.5, 0.6) is 0 Å². The second kappa shape index (κ2) is 10.1. The van der Waals surface area contributed by atoms with E-state index in [9.17, 15) is 9.59 Å². The number of thioether (sulfide) groups is 1. The summed E-state index contributed by atoms with van der Waals surface area (Å²) in [7, 11) is 1.79. The van der Waals surface area contributed by atoms with Crippen LogP contribution in [-0.4, -0.2) is 32.3 Å². The van der Waals surface area contributed by atoms with Gasteiger partial charge in [0.25, 0.3) is 5.91 Å². The van der Waals surface area contributed by atoms with Gasteiger partial charge in [-0.15, -0.1) is 10.2 Å². The molecule has 1 atom stereocenters. The van der Waals surface area contributed by atoms with E-state index in [2.05, 4.69) is 36.8 Å². The highest BCUT2D eigenvalue weighted by molar-refractivity contribution is 9.10. The molecule has 0 saturated heterocycles. The van der Waals surface area contributed by atoms with Crippen molar-refractivity contribution in [3.8, 4) is 0 Å². The van der Waals surface area contributed by atoms with Crippen LogP contribution in [0.4, 0.5) is 5.69 Å². The predicted octanol–water partition coefficient (Wildman–Crippen LogP) is 4.45. The molecule has 0 fully saturated rings. The van der Waals surface area contributed by atoms with Gasteiger partial charge >= 0.3 is 0 Å². The van der Waals surface area contributed by atoms with E-state index < -0.39 is 6.04 Å². The molecule has 156 valence electrons. The van der Waals surface area contributed by atoms with E-state index >= 15 is 0 Å². The summed E-state index contributed by atoms with van der Waals surface area (Å²) in [6.45, 7) is 1.81. The number of amides is 2. The van der Waals surface area contributed by atoms with Crippen LogP contribution in [0.15, 0.2) is 58.2 Å². The van der Waals surface area contributed by atoms with E-state index in [0.29, 0.717) is 21.6 Å². The highest BCUT2D eigenvalue weighted by Crippen LogP contribution is 2.21. The summed E-state index contributed by atoms with van der Waals surface area (Å²) >= 11 is 10.7. The number of rotatable bonds is 7. The van der Waals surface area contributed by atoms with Crippen LogP contribution < -0.4 is 10.6 Å². The Balaban J connectivity index is 1.58. The van der Waals surface area contributed by atoms with Crippen molar-refractivity contribution in [2.24, 2.45) is 7.05 Å². The molecule has 7 nitrogen and oxygen atoms in total. The van der Waals surface area contributed by atoms with Gasteiger partial charge in [0, 0.05) is 17.2 Å². The molecule has 3 rings (SSSR count). The Morgan fingerprint density at radius 2 is 1.87 bits per heavy atom. The first-order chi connectivity index (χ1) is 14.3. The van der Waals surface area contributed by atoms with Crippen LogP contribution in [0, 0.1) is 0 Å². The third-order valence-electron chi connectivity index (χ3n) is 4.18. The second-order valence-electron chi connectivity index (χ2n) is 6.42. The van der Waals surface area contributed by atoms with Gasteiger partial charge in [0.1, 0.15) is 0 Å². The van der Waals surface area contributed by atoms with E-state index in [1.54, 1.807) is 35.9 Å². The smallest absolute Gasteiger partial charge is 0.253 e. The van der Waals surface area contributed by atoms with Crippen LogP contribution >= 0.6 is 39.3 Å². The van der Waals surface area contributed by atoms with Gasteiger partial charge in [-0.05, 0) is 43.3 Å². The number of carbonyl (C=O) groups excluding carboxylic acids is 2. The Kier molecular flexibility index (Phi) is 7.52. The Morgan fingerprint density at radius 3 is 2.57 bits per heavy atom. The molecule has 0 unspecified atom stereocenters. The van der Waals surface area contributed by atoms with Crippen molar-refractivity contribution in [2.45, 2.75) is 18.1 Å². The van der Waals surface area contributed by atoms with Gasteiger partial charge < -0.3 is 15.2 Å². The number of carbonyl (C=O) groups is 2. The van der Waals surface area contributed by atoms with Crippen molar-refractivity contribution in [1.82, 2.24) is 20.1 Å². The molecule has 0 bridgehead atoms. The van der Waals surface area contributed by atoms with Crippen molar-refractivity contribution in [2.75, 3.05) is 11.1 Å². The molecule has 0 spiro atoms.